The number of aryl methyl sites for hydroxylation is 2. The van der Waals surface area contributed by atoms with Crippen LogP contribution in [0.5, 0.6) is 0 Å². The molecule has 1 fully saturated rings. The van der Waals surface area contributed by atoms with Crippen LogP contribution in [0.25, 0.3) is 0 Å². The molecule has 1 aliphatic heterocycles. The van der Waals surface area contributed by atoms with E-state index < -0.39 is 0 Å². The van der Waals surface area contributed by atoms with Gasteiger partial charge in [-0.05, 0) is 49.4 Å². The van der Waals surface area contributed by atoms with Crippen molar-refractivity contribution in [3.63, 3.8) is 0 Å². The van der Waals surface area contributed by atoms with E-state index in [4.69, 9.17) is 4.74 Å². The van der Waals surface area contributed by atoms with Gasteiger partial charge >= 0.3 is 0 Å². The summed E-state index contributed by atoms with van der Waals surface area (Å²) >= 11 is 1.66. The van der Waals surface area contributed by atoms with Crippen LogP contribution in [0.3, 0.4) is 0 Å². The molecule has 1 heterocycles. The minimum atomic E-state index is 0.165. The topological polar surface area (TPSA) is 29.5 Å². The quantitative estimate of drug-likeness (QED) is 0.802. The molecule has 0 bridgehead atoms. The van der Waals surface area contributed by atoms with Crippen LogP contribution in [0.4, 0.5) is 0 Å². The van der Waals surface area contributed by atoms with E-state index in [2.05, 4.69) is 18.2 Å². The maximum Gasteiger partial charge on any atom is 0.233 e. The minimum absolute atomic E-state index is 0.165. The van der Waals surface area contributed by atoms with E-state index in [0.717, 1.165) is 13.1 Å². The summed E-state index contributed by atoms with van der Waals surface area (Å²) < 4.78 is 5.47. The van der Waals surface area contributed by atoms with Crippen LogP contribution in [0.1, 0.15) is 24.5 Å². The molecule has 1 amide bonds. The van der Waals surface area contributed by atoms with Crippen LogP contribution in [-0.2, 0) is 22.4 Å². The summed E-state index contributed by atoms with van der Waals surface area (Å²) in [7, 11) is 0. The average molecular weight is 291 g/mol. The molecule has 0 saturated carbocycles. The van der Waals surface area contributed by atoms with Gasteiger partial charge in [0.05, 0.1) is 18.5 Å². The fraction of sp³-hybridized carbons (Fsp3) is 0.562. The van der Waals surface area contributed by atoms with Crippen molar-refractivity contribution < 1.29 is 9.53 Å². The summed E-state index contributed by atoms with van der Waals surface area (Å²) in [4.78, 5) is 15.3. The van der Waals surface area contributed by atoms with Crippen LogP contribution >= 0.6 is 11.8 Å². The Labute approximate surface area is 124 Å². The Morgan fingerprint density at radius 2 is 2.25 bits per heavy atom. The molecule has 1 unspecified atom stereocenters. The van der Waals surface area contributed by atoms with Gasteiger partial charge in [0.25, 0.3) is 0 Å². The molecule has 0 radical (unpaired) electrons. The van der Waals surface area contributed by atoms with Crippen molar-refractivity contribution in [2.75, 3.05) is 25.4 Å². The van der Waals surface area contributed by atoms with Crippen molar-refractivity contribution in [3.8, 4) is 0 Å². The third-order valence-electron chi connectivity index (χ3n) is 4.03. The number of morpholine rings is 1. The molecule has 3 rings (SSSR count). The molecule has 0 spiro atoms. The normalized spacial score (nSPS) is 21.9. The van der Waals surface area contributed by atoms with Gasteiger partial charge in [-0.3, -0.25) is 4.79 Å². The van der Waals surface area contributed by atoms with Crippen molar-refractivity contribution in [2.45, 2.75) is 37.2 Å². The van der Waals surface area contributed by atoms with Crippen LogP contribution < -0.4 is 0 Å². The van der Waals surface area contributed by atoms with Crippen LogP contribution in [0, 0.1) is 0 Å². The lowest BCUT2D eigenvalue weighted by Gasteiger charge is -2.31. The number of carbonyl (C=O) groups is 1. The predicted molar refractivity (Wildman–Crippen MR) is 81.2 cm³/mol. The van der Waals surface area contributed by atoms with Crippen molar-refractivity contribution >= 4 is 17.7 Å². The van der Waals surface area contributed by atoms with Crippen molar-refractivity contribution in [1.29, 1.82) is 0 Å². The van der Waals surface area contributed by atoms with Crippen LogP contribution in [0.2, 0.25) is 0 Å². The molecule has 1 aliphatic carbocycles. The molecule has 0 N–H and O–H groups in total. The van der Waals surface area contributed by atoms with E-state index in [1.807, 2.05) is 11.8 Å². The summed E-state index contributed by atoms with van der Waals surface area (Å²) in [5, 5.41) is 0. The molecule has 3 nitrogen and oxygen atoms in total. The summed E-state index contributed by atoms with van der Waals surface area (Å²) in [5.74, 6) is 0.761. The standard InChI is InChI=1S/C16H21NO2S/c1-12-10-17(7-8-19-12)16(18)11-20-15-6-5-13-3-2-4-14(13)9-15/h5-6,9,12H,2-4,7-8,10-11H2,1H3. The fourth-order valence-electron chi connectivity index (χ4n) is 2.92. The largest absolute Gasteiger partial charge is 0.375 e. The monoisotopic (exact) mass is 291 g/mol. The summed E-state index contributed by atoms with van der Waals surface area (Å²) in [5.41, 5.74) is 2.96. The number of thioether (sulfide) groups is 1. The Balaban J connectivity index is 1.55. The highest BCUT2D eigenvalue weighted by Gasteiger charge is 2.21. The van der Waals surface area contributed by atoms with Gasteiger partial charge in [-0.1, -0.05) is 6.07 Å². The lowest BCUT2D eigenvalue weighted by atomic mass is 10.1. The first kappa shape index (κ1) is 14.0. The maximum atomic E-state index is 12.2. The zero-order valence-electron chi connectivity index (χ0n) is 11.9. The molecule has 1 atom stereocenters. The van der Waals surface area contributed by atoms with Crippen molar-refractivity contribution in [2.24, 2.45) is 0 Å². The second-order valence-corrected chi connectivity index (χ2v) is 6.64. The summed E-state index contributed by atoms with van der Waals surface area (Å²) in [6.07, 6.45) is 3.84. The SMILES string of the molecule is CC1CN(C(=O)CSc2ccc3c(c2)CCC3)CCO1. The highest BCUT2D eigenvalue weighted by molar-refractivity contribution is 8.00. The number of hydrogen-bond donors (Lipinski definition) is 0. The number of amides is 1. The maximum absolute atomic E-state index is 12.2. The molecule has 0 aromatic heterocycles. The lowest BCUT2D eigenvalue weighted by Crippen LogP contribution is -2.45. The number of ether oxygens (including phenoxy) is 1. The zero-order valence-corrected chi connectivity index (χ0v) is 12.7. The number of benzene rings is 1. The van der Waals surface area contributed by atoms with Gasteiger partial charge in [0.15, 0.2) is 0 Å². The van der Waals surface area contributed by atoms with Gasteiger partial charge in [0.2, 0.25) is 5.91 Å². The van der Waals surface area contributed by atoms with Crippen LogP contribution in [-0.4, -0.2) is 42.4 Å². The van der Waals surface area contributed by atoms with E-state index >= 15 is 0 Å². The molecule has 2 aliphatic rings. The molecule has 1 aromatic rings. The first-order chi connectivity index (χ1) is 9.72. The molecule has 108 valence electrons. The third-order valence-corrected chi connectivity index (χ3v) is 5.00. The number of carbonyl (C=O) groups excluding carboxylic acids is 1. The van der Waals surface area contributed by atoms with E-state index in [-0.39, 0.29) is 12.0 Å². The van der Waals surface area contributed by atoms with E-state index in [9.17, 15) is 4.79 Å². The smallest absolute Gasteiger partial charge is 0.233 e. The zero-order chi connectivity index (χ0) is 13.9. The van der Waals surface area contributed by atoms with E-state index in [1.165, 1.54) is 35.3 Å². The summed E-state index contributed by atoms with van der Waals surface area (Å²) in [6.45, 7) is 4.14. The van der Waals surface area contributed by atoms with Gasteiger partial charge < -0.3 is 9.64 Å². The molecule has 4 heteroatoms. The number of rotatable bonds is 3. The molecular formula is C16H21NO2S. The highest BCUT2D eigenvalue weighted by atomic mass is 32.2. The van der Waals surface area contributed by atoms with Crippen molar-refractivity contribution in [1.82, 2.24) is 4.90 Å². The molecule has 20 heavy (non-hydrogen) atoms. The average Bonchev–Trinajstić information content (AvgIpc) is 2.92. The van der Waals surface area contributed by atoms with Gasteiger partial charge in [0.1, 0.15) is 0 Å². The minimum Gasteiger partial charge on any atom is -0.375 e. The molecular weight excluding hydrogens is 270 g/mol. The molecule has 1 saturated heterocycles. The fourth-order valence-corrected chi connectivity index (χ4v) is 3.78. The van der Waals surface area contributed by atoms with Crippen molar-refractivity contribution in [3.05, 3.63) is 29.3 Å². The Bertz CT molecular complexity index is 503. The molecule has 1 aromatic carbocycles. The second-order valence-electron chi connectivity index (χ2n) is 5.59. The Kier molecular flexibility index (Phi) is 4.32. The van der Waals surface area contributed by atoms with E-state index in [1.54, 1.807) is 11.8 Å². The number of fused-ring (bicyclic) bond motifs is 1. The van der Waals surface area contributed by atoms with Crippen LogP contribution in [0.15, 0.2) is 23.1 Å². The first-order valence-corrected chi connectivity index (χ1v) is 8.35. The summed E-state index contributed by atoms with van der Waals surface area (Å²) in [6, 6.07) is 6.65. The second kappa shape index (κ2) is 6.19. The van der Waals surface area contributed by atoms with Gasteiger partial charge in [-0.25, -0.2) is 0 Å². The Hall–Kier alpha value is -1.00. The lowest BCUT2D eigenvalue weighted by molar-refractivity contribution is -0.135. The van der Waals surface area contributed by atoms with Gasteiger partial charge in [-0.15, -0.1) is 11.8 Å². The Morgan fingerprint density at radius 3 is 3.10 bits per heavy atom. The van der Waals surface area contributed by atoms with E-state index in [0.29, 0.717) is 12.4 Å². The first-order valence-electron chi connectivity index (χ1n) is 7.36. The third kappa shape index (κ3) is 3.18. The van der Waals surface area contributed by atoms with Gasteiger partial charge in [-0.2, -0.15) is 0 Å². The van der Waals surface area contributed by atoms with Gasteiger partial charge in [0, 0.05) is 18.0 Å². The number of nitrogens with zero attached hydrogens (tertiary/aromatic N) is 1. The predicted octanol–water partition coefficient (Wildman–Crippen LogP) is 2.51. The highest BCUT2D eigenvalue weighted by Crippen LogP contribution is 2.27. The Morgan fingerprint density at radius 1 is 1.40 bits per heavy atom. The number of hydrogen-bond acceptors (Lipinski definition) is 3.